The summed E-state index contributed by atoms with van der Waals surface area (Å²) in [7, 11) is 0. The van der Waals surface area contributed by atoms with E-state index in [-0.39, 0.29) is 11.3 Å². The van der Waals surface area contributed by atoms with Crippen LogP contribution < -0.4 is 5.32 Å². The molecule has 6 heteroatoms. The van der Waals surface area contributed by atoms with Gasteiger partial charge in [-0.1, -0.05) is 30.3 Å². The van der Waals surface area contributed by atoms with Crippen molar-refractivity contribution < 1.29 is 23.1 Å². The Morgan fingerprint density at radius 3 is 2.48 bits per heavy atom. The van der Waals surface area contributed by atoms with E-state index in [1.54, 1.807) is 30.3 Å². The topological polar surface area (TPSA) is 68.5 Å². The molecule has 5 rings (SSSR count). The van der Waals surface area contributed by atoms with Gasteiger partial charge in [0.25, 0.3) is 0 Å². The maximum Gasteiger partial charge on any atom is 0.340 e. The van der Waals surface area contributed by atoms with Crippen LogP contribution in [0.2, 0.25) is 0 Å². The number of furan rings is 1. The molecule has 0 amide bonds. The lowest BCUT2D eigenvalue weighted by molar-refractivity contribution is 0.0437. The molecule has 0 saturated carbocycles. The minimum absolute atomic E-state index is 0.0678. The average Bonchev–Trinajstić information content (AvgIpc) is 3.27. The van der Waals surface area contributed by atoms with Crippen molar-refractivity contribution in [3.05, 3.63) is 101 Å². The molecule has 5 nitrogen and oxygen atoms in total. The summed E-state index contributed by atoms with van der Waals surface area (Å²) in [5.74, 6) is -1.20. The summed E-state index contributed by atoms with van der Waals surface area (Å²) >= 11 is 0. The molecule has 0 fully saturated rings. The molecule has 0 aliphatic carbocycles. The zero-order valence-corrected chi connectivity index (χ0v) is 15.0. The minimum Gasteiger partial charge on any atom is -0.450 e. The number of rotatable bonds is 4. The highest BCUT2D eigenvalue weighted by molar-refractivity contribution is 6.15. The first-order valence-corrected chi connectivity index (χ1v) is 9.00. The molecule has 1 aliphatic rings. The van der Waals surface area contributed by atoms with Crippen LogP contribution >= 0.6 is 0 Å². The first-order valence-electron chi connectivity index (χ1n) is 9.00. The van der Waals surface area contributed by atoms with Crippen molar-refractivity contribution in [2.45, 2.75) is 6.23 Å². The van der Waals surface area contributed by atoms with Crippen LogP contribution in [0, 0.1) is 5.82 Å². The number of halogens is 1. The van der Waals surface area contributed by atoms with Crippen molar-refractivity contribution in [1.29, 1.82) is 0 Å². The third-order valence-electron chi connectivity index (χ3n) is 4.87. The van der Waals surface area contributed by atoms with E-state index in [2.05, 4.69) is 5.32 Å². The lowest BCUT2D eigenvalue weighted by Gasteiger charge is -2.14. The van der Waals surface area contributed by atoms with E-state index in [4.69, 9.17) is 9.15 Å². The van der Waals surface area contributed by atoms with E-state index in [1.165, 1.54) is 24.3 Å². The van der Waals surface area contributed by atoms with Crippen LogP contribution in [0.5, 0.6) is 0 Å². The van der Waals surface area contributed by atoms with Gasteiger partial charge in [-0.15, -0.1) is 0 Å². The first-order chi connectivity index (χ1) is 14.1. The van der Waals surface area contributed by atoms with Gasteiger partial charge in [-0.3, -0.25) is 4.79 Å². The standard InChI is InChI=1S/C23H14FNO4/c24-14-11-9-13(10-12-14)20(26)21-19(17-7-3-4-8-18(17)28-21)25-22-15-5-1-2-6-16(15)23(27)29-22/h1-12,22,25H. The molecule has 1 N–H and O–H groups in total. The molecule has 0 spiro atoms. The molecule has 0 bridgehead atoms. The molecule has 1 atom stereocenters. The van der Waals surface area contributed by atoms with Gasteiger partial charge >= 0.3 is 5.97 Å². The Hall–Kier alpha value is -3.93. The summed E-state index contributed by atoms with van der Waals surface area (Å²) in [4.78, 5) is 25.2. The Kier molecular flexibility index (Phi) is 3.91. The van der Waals surface area contributed by atoms with Crippen molar-refractivity contribution in [1.82, 2.24) is 0 Å². The molecule has 1 unspecified atom stereocenters. The number of nitrogens with one attached hydrogen (secondary N) is 1. The van der Waals surface area contributed by atoms with E-state index in [0.717, 1.165) is 0 Å². The third kappa shape index (κ3) is 2.86. The minimum atomic E-state index is -0.750. The second kappa shape index (κ2) is 6.60. The number of hydrogen-bond acceptors (Lipinski definition) is 5. The van der Waals surface area contributed by atoms with Gasteiger partial charge in [0.1, 0.15) is 11.4 Å². The molecule has 29 heavy (non-hydrogen) atoms. The van der Waals surface area contributed by atoms with Crippen molar-refractivity contribution in [3.8, 4) is 0 Å². The highest BCUT2D eigenvalue weighted by atomic mass is 19.1. The zero-order chi connectivity index (χ0) is 20.0. The van der Waals surface area contributed by atoms with Crippen LogP contribution in [-0.4, -0.2) is 11.8 Å². The fourth-order valence-corrected chi connectivity index (χ4v) is 3.46. The molecule has 4 aromatic rings. The highest BCUT2D eigenvalue weighted by Gasteiger charge is 2.33. The predicted molar refractivity (Wildman–Crippen MR) is 104 cm³/mol. The summed E-state index contributed by atoms with van der Waals surface area (Å²) in [6.45, 7) is 0. The van der Waals surface area contributed by atoms with Crippen LogP contribution in [0.1, 0.15) is 38.3 Å². The molecule has 3 aromatic carbocycles. The molecule has 1 aromatic heterocycles. The number of carbonyl (C=O) groups excluding carboxylic acids is 2. The quantitative estimate of drug-likeness (QED) is 0.390. The molecular formula is C23H14FNO4. The molecule has 1 aliphatic heterocycles. The van der Waals surface area contributed by atoms with Gasteiger partial charge in [-0.25, -0.2) is 9.18 Å². The fraction of sp³-hybridized carbons (Fsp3) is 0.0435. The number of fused-ring (bicyclic) bond motifs is 2. The van der Waals surface area contributed by atoms with Crippen LogP contribution in [0.3, 0.4) is 0 Å². The number of carbonyl (C=O) groups is 2. The molecular weight excluding hydrogens is 373 g/mol. The summed E-state index contributed by atoms with van der Waals surface area (Å²) < 4.78 is 24.5. The lowest BCUT2D eigenvalue weighted by atomic mass is 10.1. The van der Waals surface area contributed by atoms with Gasteiger partial charge in [-0.05, 0) is 42.5 Å². The van der Waals surface area contributed by atoms with E-state index in [0.29, 0.717) is 27.8 Å². The van der Waals surface area contributed by atoms with E-state index < -0.39 is 23.8 Å². The fourth-order valence-electron chi connectivity index (χ4n) is 3.46. The summed E-state index contributed by atoms with van der Waals surface area (Å²) in [6.07, 6.45) is -0.750. The highest BCUT2D eigenvalue weighted by Crippen LogP contribution is 2.38. The zero-order valence-electron chi connectivity index (χ0n) is 15.0. The Bertz CT molecular complexity index is 1260. The number of cyclic esters (lactones) is 1. The number of benzene rings is 3. The van der Waals surface area contributed by atoms with Crippen molar-refractivity contribution >= 4 is 28.4 Å². The van der Waals surface area contributed by atoms with Crippen molar-refractivity contribution in [2.75, 3.05) is 5.32 Å². The van der Waals surface area contributed by atoms with Crippen LogP contribution in [-0.2, 0) is 4.74 Å². The molecule has 0 saturated heterocycles. The lowest BCUT2D eigenvalue weighted by Crippen LogP contribution is -2.13. The van der Waals surface area contributed by atoms with Gasteiger partial charge in [0, 0.05) is 16.5 Å². The van der Waals surface area contributed by atoms with E-state index >= 15 is 0 Å². The van der Waals surface area contributed by atoms with Gasteiger partial charge in [-0.2, -0.15) is 0 Å². The van der Waals surface area contributed by atoms with Crippen molar-refractivity contribution in [2.24, 2.45) is 0 Å². The second-order valence-electron chi connectivity index (χ2n) is 6.66. The van der Waals surface area contributed by atoms with Gasteiger partial charge in [0.05, 0.1) is 11.3 Å². The number of anilines is 1. The van der Waals surface area contributed by atoms with Gasteiger partial charge in [0.15, 0.2) is 5.76 Å². The normalized spacial score (nSPS) is 15.2. The van der Waals surface area contributed by atoms with Gasteiger partial charge < -0.3 is 14.5 Å². The summed E-state index contributed by atoms with van der Waals surface area (Å²) in [5.41, 5.74) is 2.38. The maximum absolute atomic E-state index is 13.3. The average molecular weight is 387 g/mol. The van der Waals surface area contributed by atoms with Crippen molar-refractivity contribution in [3.63, 3.8) is 0 Å². The van der Waals surface area contributed by atoms with E-state index in [1.807, 2.05) is 18.2 Å². The smallest absolute Gasteiger partial charge is 0.340 e. The molecule has 2 heterocycles. The largest absolute Gasteiger partial charge is 0.450 e. The summed E-state index contributed by atoms with van der Waals surface area (Å²) in [6, 6.07) is 19.5. The van der Waals surface area contributed by atoms with Crippen LogP contribution in [0.4, 0.5) is 10.1 Å². The number of ketones is 1. The molecule has 0 radical (unpaired) electrons. The number of para-hydroxylation sites is 1. The van der Waals surface area contributed by atoms with Crippen LogP contribution in [0.25, 0.3) is 11.0 Å². The second-order valence-corrected chi connectivity index (χ2v) is 6.66. The Labute approximate surface area is 164 Å². The Balaban J connectivity index is 1.60. The number of hydrogen-bond donors (Lipinski definition) is 1. The number of esters is 1. The van der Waals surface area contributed by atoms with Gasteiger partial charge in [0.2, 0.25) is 12.0 Å². The summed E-state index contributed by atoms with van der Waals surface area (Å²) in [5, 5.41) is 3.83. The monoisotopic (exact) mass is 387 g/mol. The number of ether oxygens (including phenoxy) is 1. The predicted octanol–water partition coefficient (Wildman–Crippen LogP) is 5.08. The molecule has 142 valence electrons. The Morgan fingerprint density at radius 2 is 1.66 bits per heavy atom. The first kappa shape index (κ1) is 17.2. The van der Waals surface area contributed by atoms with Crippen LogP contribution in [0.15, 0.2) is 77.2 Å². The SMILES string of the molecule is O=C1OC(Nc2c(C(=O)c3ccc(F)cc3)oc3ccccc23)c2ccccc21. The maximum atomic E-state index is 13.3. The van der Waals surface area contributed by atoms with E-state index in [9.17, 15) is 14.0 Å². The Morgan fingerprint density at radius 1 is 0.931 bits per heavy atom. The third-order valence-corrected chi connectivity index (χ3v) is 4.87.